The van der Waals surface area contributed by atoms with Crippen molar-refractivity contribution in [2.45, 2.75) is 25.4 Å². The van der Waals surface area contributed by atoms with Gasteiger partial charge in [-0.05, 0) is 13.0 Å². The standard InChI is InChI=1S/C16H19ClN2O3S/c1-16(20,11-4-2-3-5-12(11)17)10-18-9-14-19-8-13(23-14)15-21-6-7-22-15/h2-5,8,15,18,20H,6-7,9-10H2,1H3/t16-/m0/s1. The number of rotatable bonds is 6. The first-order valence-corrected chi connectivity index (χ1v) is 8.61. The number of aliphatic hydroxyl groups is 1. The van der Waals surface area contributed by atoms with Gasteiger partial charge in [-0.1, -0.05) is 29.8 Å². The Morgan fingerprint density at radius 2 is 2.13 bits per heavy atom. The van der Waals surface area contributed by atoms with Crippen LogP contribution in [0.4, 0.5) is 0 Å². The quantitative estimate of drug-likeness (QED) is 0.835. The predicted molar refractivity (Wildman–Crippen MR) is 89.5 cm³/mol. The van der Waals surface area contributed by atoms with Crippen molar-refractivity contribution in [3.05, 3.63) is 50.9 Å². The number of hydrogen-bond donors (Lipinski definition) is 2. The molecule has 0 saturated carbocycles. The van der Waals surface area contributed by atoms with E-state index in [-0.39, 0.29) is 6.29 Å². The molecule has 1 atom stereocenters. The lowest BCUT2D eigenvalue weighted by Crippen LogP contribution is -2.35. The minimum atomic E-state index is -1.05. The summed E-state index contributed by atoms with van der Waals surface area (Å²) in [7, 11) is 0. The van der Waals surface area contributed by atoms with Gasteiger partial charge in [-0.3, -0.25) is 0 Å². The first-order valence-electron chi connectivity index (χ1n) is 7.42. The summed E-state index contributed by atoms with van der Waals surface area (Å²) in [5.41, 5.74) is -0.336. The van der Waals surface area contributed by atoms with Crippen LogP contribution in [-0.4, -0.2) is 29.8 Å². The van der Waals surface area contributed by atoms with Crippen molar-refractivity contribution in [3.63, 3.8) is 0 Å². The zero-order chi connectivity index (χ0) is 16.3. The summed E-state index contributed by atoms with van der Waals surface area (Å²) in [4.78, 5) is 5.33. The lowest BCUT2D eigenvalue weighted by Gasteiger charge is -2.25. The van der Waals surface area contributed by atoms with Crippen molar-refractivity contribution in [2.24, 2.45) is 0 Å². The molecule has 1 aliphatic rings. The van der Waals surface area contributed by atoms with Gasteiger partial charge in [-0.2, -0.15) is 0 Å². The molecule has 23 heavy (non-hydrogen) atoms. The summed E-state index contributed by atoms with van der Waals surface area (Å²) in [5.74, 6) is 0. The molecule has 5 nitrogen and oxygen atoms in total. The molecule has 2 heterocycles. The Hall–Kier alpha value is -1.02. The minimum Gasteiger partial charge on any atom is -0.384 e. The van der Waals surface area contributed by atoms with Crippen LogP contribution in [0.2, 0.25) is 5.02 Å². The van der Waals surface area contributed by atoms with Gasteiger partial charge < -0.3 is 19.9 Å². The van der Waals surface area contributed by atoms with E-state index in [0.29, 0.717) is 36.9 Å². The van der Waals surface area contributed by atoms with Crippen molar-refractivity contribution in [1.82, 2.24) is 10.3 Å². The van der Waals surface area contributed by atoms with Crippen LogP contribution >= 0.6 is 22.9 Å². The highest BCUT2D eigenvalue weighted by atomic mass is 35.5. The van der Waals surface area contributed by atoms with E-state index in [2.05, 4.69) is 10.3 Å². The summed E-state index contributed by atoms with van der Waals surface area (Å²) >= 11 is 7.70. The molecule has 2 aromatic rings. The van der Waals surface area contributed by atoms with Gasteiger partial charge in [0.2, 0.25) is 0 Å². The van der Waals surface area contributed by atoms with Crippen LogP contribution < -0.4 is 5.32 Å². The van der Waals surface area contributed by atoms with Crippen LogP contribution in [0.1, 0.15) is 28.7 Å². The molecule has 1 aromatic heterocycles. The Labute approximate surface area is 144 Å². The van der Waals surface area contributed by atoms with Crippen LogP contribution in [0.3, 0.4) is 0 Å². The lowest BCUT2D eigenvalue weighted by molar-refractivity contribution is -0.0414. The average Bonchev–Trinajstić information content (AvgIpc) is 3.18. The third kappa shape index (κ3) is 4.09. The van der Waals surface area contributed by atoms with Gasteiger partial charge in [0.15, 0.2) is 6.29 Å². The monoisotopic (exact) mass is 354 g/mol. The fourth-order valence-electron chi connectivity index (χ4n) is 2.44. The maximum absolute atomic E-state index is 10.6. The number of thiazole rings is 1. The fourth-order valence-corrected chi connectivity index (χ4v) is 3.67. The topological polar surface area (TPSA) is 63.6 Å². The highest BCUT2D eigenvalue weighted by Crippen LogP contribution is 2.29. The molecule has 124 valence electrons. The summed E-state index contributed by atoms with van der Waals surface area (Å²) in [6.07, 6.45) is 1.50. The summed E-state index contributed by atoms with van der Waals surface area (Å²) in [6, 6.07) is 7.32. The molecule has 7 heteroatoms. The molecule has 0 radical (unpaired) electrons. The Morgan fingerprint density at radius 3 is 2.87 bits per heavy atom. The molecule has 1 aromatic carbocycles. The second-order valence-corrected chi connectivity index (χ2v) is 7.14. The highest BCUT2D eigenvalue weighted by Gasteiger charge is 2.25. The molecule has 0 aliphatic carbocycles. The third-order valence-corrected chi connectivity index (χ3v) is 4.97. The van der Waals surface area contributed by atoms with E-state index in [1.807, 2.05) is 18.2 Å². The van der Waals surface area contributed by atoms with Gasteiger partial charge in [-0.25, -0.2) is 4.98 Å². The molecule has 1 saturated heterocycles. The molecule has 0 amide bonds. The molecule has 2 N–H and O–H groups in total. The second-order valence-electron chi connectivity index (χ2n) is 5.59. The number of hydrogen-bond acceptors (Lipinski definition) is 6. The Balaban J connectivity index is 1.55. The first kappa shape index (κ1) is 16.8. The van der Waals surface area contributed by atoms with Crippen LogP contribution in [0.25, 0.3) is 0 Å². The second kappa shape index (κ2) is 7.25. The number of aromatic nitrogens is 1. The van der Waals surface area contributed by atoms with Gasteiger partial charge in [0, 0.05) is 29.9 Å². The first-order chi connectivity index (χ1) is 11.1. The van der Waals surface area contributed by atoms with Gasteiger partial charge in [0.05, 0.1) is 18.1 Å². The number of nitrogens with one attached hydrogen (secondary N) is 1. The smallest absolute Gasteiger partial charge is 0.194 e. The molecule has 0 unspecified atom stereocenters. The largest absolute Gasteiger partial charge is 0.384 e. The van der Waals surface area contributed by atoms with Crippen molar-refractivity contribution in [1.29, 1.82) is 0 Å². The Kier molecular flexibility index (Phi) is 5.31. The number of nitrogens with zero attached hydrogens (tertiary/aromatic N) is 1. The fraction of sp³-hybridized carbons (Fsp3) is 0.438. The van der Waals surface area contributed by atoms with Crippen molar-refractivity contribution < 1.29 is 14.6 Å². The van der Waals surface area contributed by atoms with E-state index in [4.69, 9.17) is 21.1 Å². The highest BCUT2D eigenvalue weighted by molar-refractivity contribution is 7.11. The predicted octanol–water partition coefficient (Wildman–Crippen LogP) is 2.84. The van der Waals surface area contributed by atoms with Crippen LogP contribution in [0, 0.1) is 0 Å². The van der Waals surface area contributed by atoms with Crippen LogP contribution in [0.15, 0.2) is 30.5 Å². The SMILES string of the molecule is C[C@](O)(CNCc1ncc(C2OCCO2)s1)c1ccccc1Cl. The molecular formula is C16H19ClN2O3S. The molecule has 3 rings (SSSR count). The van der Waals surface area contributed by atoms with Gasteiger partial charge in [-0.15, -0.1) is 11.3 Å². The number of benzene rings is 1. The van der Waals surface area contributed by atoms with Crippen LogP contribution in [-0.2, 0) is 21.6 Å². The van der Waals surface area contributed by atoms with Crippen molar-refractivity contribution >= 4 is 22.9 Å². The van der Waals surface area contributed by atoms with Crippen LogP contribution in [0.5, 0.6) is 0 Å². The van der Waals surface area contributed by atoms with Gasteiger partial charge in [0.1, 0.15) is 10.6 Å². The minimum absolute atomic E-state index is 0.285. The normalized spacial score (nSPS) is 18.2. The summed E-state index contributed by atoms with van der Waals surface area (Å²) in [5, 5.41) is 15.3. The maximum atomic E-state index is 10.6. The Bertz CT molecular complexity index is 656. The zero-order valence-electron chi connectivity index (χ0n) is 12.8. The van der Waals surface area contributed by atoms with E-state index in [0.717, 1.165) is 9.88 Å². The van der Waals surface area contributed by atoms with E-state index in [1.165, 1.54) is 0 Å². The molecule has 1 fully saturated rings. The third-order valence-electron chi connectivity index (χ3n) is 3.63. The summed E-state index contributed by atoms with van der Waals surface area (Å²) in [6.45, 7) is 3.93. The van der Waals surface area contributed by atoms with Gasteiger partial charge >= 0.3 is 0 Å². The maximum Gasteiger partial charge on any atom is 0.194 e. The van der Waals surface area contributed by atoms with E-state index in [9.17, 15) is 5.11 Å². The number of halogens is 1. The van der Waals surface area contributed by atoms with Crippen molar-refractivity contribution in [2.75, 3.05) is 19.8 Å². The van der Waals surface area contributed by atoms with E-state index >= 15 is 0 Å². The lowest BCUT2D eigenvalue weighted by atomic mass is 9.96. The van der Waals surface area contributed by atoms with Crippen molar-refractivity contribution in [3.8, 4) is 0 Å². The molecule has 0 spiro atoms. The Morgan fingerprint density at radius 1 is 1.39 bits per heavy atom. The van der Waals surface area contributed by atoms with Gasteiger partial charge in [0.25, 0.3) is 0 Å². The molecule has 0 bridgehead atoms. The molecule has 1 aliphatic heterocycles. The van der Waals surface area contributed by atoms with E-state index < -0.39 is 5.60 Å². The molecular weight excluding hydrogens is 336 g/mol. The average molecular weight is 355 g/mol. The summed E-state index contributed by atoms with van der Waals surface area (Å²) < 4.78 is 10.9. The zero-order valence-corrected chi connectivity index (χ0v) is 14.4. The van der Waals surface area contributed by atoms with E-state index in [1.54, 1.807) is 30.5 Å². The number of ether oxygens (including phenoxy) is 2.